The first-order valence-electron chi connectivity index (χ1n) is 9.49. The summed E-state index contributed by atoms with van der Waals surface area (Å²) in [5.41, 5.74) is 1.25. The van der Waals surface area contributed by atoms with Crippen molar-refractivity contribution in [2.45, 2.75) is 77.2 Å². The molecule has 1 N–H and O–H groups in total. The molecule has 1 aromatic carbocycles. The highest BCUT2D eigenvalue weighted by Gasteiger charge is 2.47. The summed E-state index contributed by atoms with van der Waals surface area (Å²) < 4.78 is 6.25. The van der Waals surface area contributed by atoms with Crippen LogP contribution in [0.4, 0.5) is 0 Å². The molecular formula is C22H28O3. The molecule has 1 aliphatic carbocycles. The second-order valence-electron chi connectivity index (χ2n) is 7.87. The molecule has 2 atom stereocenters. The maximum absolute atomic E-state index is 12.0. The summed E-state index contributed by atoms with van der Waals surface area (Å²) in [4.78, 5) is 12.0. The minimum atomic E-state index is -0.335. The van der Waals surface area contributed by atoms with E-state index in [-0.39, 0.29) is 29.0 Å². The smallest absolute Gasteiger partial charge is 0.133 e. The van der Waals surface area contributed by atoms with Gasteiger partial charge in [0.15, 0.2) is 0 Å². The van der Waals surface area contributed by atoms with Gasteiger partial charge in [0.25, 0.3) is 0 Å². The predicted molar refractivity (Wildman–Crippen MR) is 98.9 cm³/mol. The first kappa shape index (κ1) is 17.9. The molecule has 0 radical (unpaired) electrons. The number of carbonyl (C=O) groups is 1. The van der Waals surface area contributed by atoms with Gasteiger partial charge in [-0.05, 0) is 38.8 Å². The molecule has 2 aliphatic rings. The van der Waals surface area contributed by atoms with E-state index in [9.17, 15) is 9.90 Å². The van der Waals surface area contributed by atoms with Gasteiger partial charge in [0.2, 0.25) is 0 Å². The summed E-state index contributed by atoms with van der Waals surface area (Å²) >= 11 is 0. The Kier molecular flexibility index (Phi) is 5.08. The lowest BCUT2D eigenvalue weighted by atomic mass is 9.66. The Bertz CT molecular complexity index is 721. The number of rotatable bonds is 3. The highest BCUT2D eigenvalue weighted by molar-refractivity contribution is 5.81. The van der Waals surface area contributed by atoms with Crippen molar-refractivity contribution in [3.63, 3.8) is 0 Å². The zero-order valence-corrected chi connectivity index (χ0v) is 15.5. The zero-order chi connectivity index (χ0) is 18.0. The highest BCUT2D eigenvalue weighted by atomic mass is 16.5. The number of ether oxygens (including phenoxy) is 1. The highest BCUT2D eigenvalue weighted by Crippen LogP contribution is 2.53. The van der Waals surface area contributed by atoms with E-state index in [0.717, 1.165) is 30.4 Å². The normalized spacial score (nSPS) is 23.7. The van der Waals surface area contributed by atoms with E-state index in [2.05, 4.69) is 32.6 Å². The molecule has 134 valence electrons. The molecule has 0 amide bonds. The van der Waals surface area contributed by atoms with Crippen LogP contribution in [-0.2, 0) is 4.79 Å². The minimum Gasteiger partial charge on any atom is -0.507 e. The number of unbranched alkanes of at least 4 members (excludes halogenated alkanes) is 3. The van der Waals surface area contributed by atoms with E-state index in [1.54, 1.807) is 6.07 Å². The first-order chi connectivity index (χ1) is 11.9. The number of ketones is 1. The van der Waals surface area contributed by atoms with Gasteiger partial charge in [-0.3, -0.25) is 4.79 Å². The Morgan fingerprint density at radius 3 is 2.88 bits per heavy atom. The largest absolute Gasteiger partial charge is 0.507 e. The lowest BCUT2D eigenvalue weighted by Crippen LogP contribution is -2.47. The van der Waals surface area contributed by atoms with E-state index in [1.807, 2.05) is 6.07 Å². The van der Waals surface area contributed by atoms with Crippen molar-refractivity contribution in [2.24, 2.45) is 5.92 Å². The van der Waals surface area contributed by atoms with Gasteiger partial charge in [0, 0.05) is 42.2 Å². The van der Waals surface area contributed by atoms with E-state index < -0.39 is 0 Å². The van der Waals surface area contributed by atoms with Gasteiger partial charge in [-0.15, -0.1) is 0 Å². The van der Waals surface area contributed by atoms with Crippen molar-refractivity contribution >= 4 is 5.78 Å². The van der Waals surface area contributed by atoms with E-state index in [1.165, 1.54) is 12.8 Å². The summed E-state index contributed by atoms with van der Waals surface area (Å²) in [5, 5.41) is 10.6. The number of Topliss-reactive ketones (excluding diaryl/α,β-unsaturated/α-hetero) is 1. The number of phenols is 1. The average Bonchev–Trinajstić information content (AvgIpc) is 2.53. The second kappa shape index (κ2) is 7.12. The Hall–Kier alpha value is -1.95. The van der Waals surface area contributed by atoms with Crippen molar-refractivity contribution in [1.82, 2.24) is 0 Å². The van der Waals surface area contributed by atoms with Crippen LogP contribution in [0.1, 0.15) is 82.8 Å². The van der Waals surface area contributed by atoms with Crippen molar-refractivity contribution < 1.29 is 14.6 Å². The first-order valence-corrected chi connectivity index (χ1v) is 9.49. The number of carbonyl (C=O) groups excluding carboxylic acids is 1. The van der Waals surface area contributed by atoms with Gasteiger partial charge >= 0.3 is 0 Å². The Balaban J connectivity index is 1.91. The van der Waals surface area contributed by atoms with Gasteiger partial charge < -0.3 is 9.84 Å². The van der Waals surface area contributed by atoms with Crippen molar-refractivity contribution in [3.05, 3.63) is 23.3 Å². The van der Waals surface area contributed by atoms with Crippen LogP contribution >= 0.6 is 0 Å². The molecule has 0 spiro atoms. The van der Waals surface area contributed by atoms with Crippen LogP contribution < -0.4 is 4.74 Å². The topological polar surface area (TPSA) is 46.5 Å². The molecule has 1 aromatic rings. The maximum Gasteiger partial charge on any atom is 0.133 e. The van der Waals surface area contributed by atoms with Crippen LogP contribution in [0.15, 0.2) is 12.1 Å². The Morgan fingerprint density at radius 1 is 1.32 bits per heavy atom. The lowest BCUT2D eigenvalue weighted by molar-refractivity contribution is -0.124. The maximum atomic E-state index is 12.0. The van der Waals surface area contributed by atoms with Crippen molar-refractivity contribution in [3.8, 4) is 23.3 Å². The molecule has 0 bridgehead atoms. The number of hydrogen-bond acceptors (Lipinski definition) is 3. The fourth-order valence-corrected chi connectivity index (χ4v) is 4.27. The van der Waals surface area contributed by atoms with Crippen molar-refractivity contribution in [1.29, 1.82) is 0 Å². The van der Waals surface area contributed by atoms with Crippen LogP contribution in [0.3, 0.4) is 0 Å². The number of fused-ring (bicyclic) bond motifs is 3. The second-order valence-corrected chi connectivity index (χ2v) is 7.87. The molecule has 3 rings (SSSR count). The Labute approximate surface area is 150 Å². The van der Waals surface area contributed by atoms with Gasteiger partial charge in [-0.2, -0.15) is 0 Å². The van der Waals surface area contributed by atoms with Crippen LogP contribution in [-0.4, -0.2) is 16.5 Å². The average molecular weight is 340 g/mol. The summed E-state index contributed by atoms with van der Waals surface area (Å²) in [5.74, 6) is 7.83. The molecule has 0 aromatic heterocycles. The third kappa shape index (κ3) is 3.68. The summed E-state index contributed by atoms with van der Waals surface area (Å²) in [6.45, 7) is 6.35. The summed E-state index contributed by atoms with van der Waals surface area (Å²) in [6.07, 6.45) is 6.30. The molecule has 0 saturated heterocycles. The molecule has 25 heavy (non-hydrogen) atoms. The minimum absolute atomic E-state index is 0.0477. The molecule has 1 fully saturated rings. The quantitative estimate of drug-likeness (QED) is 0.626. The third-order valence-corrected chi connectivity index (χ3v) is 5.56. The van der Waals surface area contributed by atoms with E-state index in [4.69, 9.17) is 4.74 Å². The molecule has 0 unspecified atom stereocenters. The SMILES string of the molecule is CCCCCC#Cc1cc(O)c2c(c1)OC(C)(C)[C@@H]1CCC(=O)C[C@@H]21. The van der Waals surface area contributed by atoms with Gasteiger partial charge in [-0.1, -0.05) is 31.6 Å². The fraction of sp³-hybridized carbons (Fsp3) is 0.591. The van der Waals surface area contributed by atoms with Gasteiger partial charge in [0.05, 0.1) is 0 Å². The molecule has 1 saturated carbocycles. The van der Waals surface area contributed by atoms with E-state index in [0.29, 0.717) is 18.6 Å². The molecule has 1 heterocycles. The standard InChI is InChI=1S/C22H28O3/c1-4-5-6-7-8-9-15-12-19(24)21-17-14-16(23)10-11-18(17)22(2,3)25-20(21)13-15/h12-13,17-18,24H,4-7,10-11,14H2,1-3H3/t17-,18-/m1/s1. The number of phenolic OH excluding ortho intramolecular Hbond substituents is 1. The van der Waals surface area contributed by atoms with Crippen LogP contribution in [0.2, 0.25) is 0 Å². The van der Waals surface area contributed by atoms with Crippen LogP contribution in [0.25, 0.3) is 0 Å². The molecule has 3 nitrogen and oxygen atoms in total. The molecular weight excluding hydrogens is 312 g/mol. The number of benzene rings is 1. The predicted octanol–water partition coefficient (Wildman–Crippen LogP) is 4.95. The van der Waals surface area contributed by atoms with Gasteiger partial charge in [0.1, 0.15) is 22.9 Å². The molecule has 1 aliphatic heterocycles. The Morgan fingerprint density at radius 2 is 2.12 bits per heavy atom. The summed E-state index contributed by atoms with van der Waals surface area (Å²) in [7, 11) is 0. The van der Waals surface area contributed by atoms with Crippen LogP contribution in [0.5, 0.6) is 11.5 Å². The monoisotopic (exact) mass is 340 g/mol. The van der Waals surface area contributed by atoms with Gasteiger partial charge in [-0.25, -0.2) is 0 Å². The summed E-state index contributed by atoms with van der Waals surface area (Å²) in [6, 6.07) is 3.66. The lowest BCUT2D eigenvalue weighted by Gasteiger charge is -2.47. The van der Waals surface area contributed by atoms with Crippen LogP contribution in [0, 0.1) is 17.8 Å². The number of aromatic hydroxyl groups is 1. The fourth-order valence-electron chi connectivity index (χ4n) is 4.27. The van der Waals surface area contributed by atoms with E-state index >= 15 is 0 Å². The van der Waals surface area contributed by atoms with Crippen molar-refractivity contribution in [2.75, 3.05) is 0 Å². The molecule has 3 heteroatoms. The zero-order valence-electron chi connectivity index (χ0n) is 15.5. The number of hydrogen-bond donors (Lipinski definition) is 1. The third-order valence-electron chi connectivity index (χ3n) is 5.56.